The maximum atomic E-state index is 12.8. The van der Waals surface area contributed by atoms with Crippen LogP contribution in [0.15, 0.2) is 41.6 Å². The van der Waals surface area contributed by atoms with Crippen LogP contribution in [-0.4, -0.2) is 6.21 Å². The lowest BCUT2D eigenvalue weighted by molar-refractivity contribution is -0.138. The average Bonchev–Trinajstić information content (AvgIpc) is 2.44. The van der Waals surface area contributed by atoms with Crippen LogP contribution in [0.4, 0.5) is 13.2 Å². The standard InChI is InChI=1S/C15H10F3I2NO/c1-9-12(19)6-10(7-13(9)20)8-21-22-14-5-3-2-4-11(14)15(16,17)18/h2-8H,1H3/b21-8+. The van der Waals surface area contributed by atoms with E-state index in [1.807, 2.05) is 19.1 Å². The van der Waals surface area contributed by atoms with Crippen molar-refractivity contribution in [3.63, 3.8) is 0 Å². The van der Waals surface area contributed by atoms with Gasteiger partial charge in [-0.05, 0) is 87.5 Å². The van der Waals surface area contributed by atoms with Gasteiger partial charge in [0.2, 0.25) is 0 Å². The van der Waals surface area contributed by atoms with Crippen molar-refractivity contribution in [1.82, 2.24) is 0 Å². The molecule has 2 aromatic rings. The predicted octanol–water partition coefficient (Wildman–Crippen LogP) is 5.64. The molecule has 0 heterocycles. The van der Waals surface area contributed by atoms with Gasteiger partial charge in [0.15, 0.2) is 5.75 Å². The fraction of sp³-hybridized carbons (Fsp3) is 0.133. The van der Waals surface area contributed by atoms with E-state index >= 15 is 0 Å². The maximum absolute atomic E-state index is 12.8. The highest BCUT2D eigenvalue weighted by Crippen LogP contribution is 2.35. The third-order valence-corrected chi connectivity index (χ3v) is 5.09. The van der Waals surface area contributed by atoms with Crippen molar-refractivity contribution >= 4 is 51.4 Å². The highest BCUT2D eigenvalue weighted by Gasteiger charge is 2.34. The van der Waals surface area contributed by atoms with Crippen molar-refractivity contribution < 1.29 is 18.0 Å². The summed E-state index contributed by atoms with van der Waals surface area (Å²) in [7, 11) is 0. The van der Waals surface area contributed by atoms with E-state index in [1.54, 1.807) is 0 Å². The first kappa shape index (κ1) is 17.5. The van der Waals surface area contributed by atoms with E-state index in [0.29, 0.717) is 0 Å². The van der Waals surface area contributed by atoms with Crippen LogP contribution in [0, 0.1) is 14.1 Å². The Morgan fingerprint density at radius 2 is 1.68 bits per heavy atom. The van der Waals surface area contributed by atoms with Gasteiger partial charge in [0, 0.05) is 7.14 Å². The molecule has 0 bridgehead atoms. The Balaban J connectivity index is 2.21. The Kier molecular flexibility index (Phi) is 5.70. The van der Waals surface area contributed by atoms with E-state index in [2.05, 4.69) is 50.3 Å². The molecule has 0 aliphatic rings. The van der Waals surface area contributed by atoms with Crippen molar-refractivity contribution in [3.8, 4) is 5.75 Å². The molecule has 0 fully saturated rings. The summed E-state index contributed by atoms with van der Waals surface area (Å²) >= 11 is 4.40. The van der Waals surface area contributed by atoms with Crippen molar-refractivity contribution in [1.29, 1.82) is 0 Å². The molecule has 0 aliphatic heterocycles. The zero-order valence-electron chi connectivity index (χ0n) is 11.3. The molecule has 0 aliphatic carbocycles. The van der Waals surface area contributed by atoms with Crippen LogP contribution in [0.1, 0.15) is 16.7 Å². The van der Waals surface area contributed by atoms with Gasteiger partial charge in [-0.3, -0.25) is 0 Å². The van der Waals surface area contributed by atoms with Crippen LogP contribution in [0.2, 0.25) is 0 Å². The number of rotatable bonds is 3. The van der Waals surface area contributed by atoms with Gasteiger partial charge < -0.3 is 4.84 Å². The summed E-state index contributed by atoms with van der Waals surface area (Å²) < 4.78 is 40.6. The van der Waals surface area contributed by atoms with Crippen LogP contribution in [-0.2, 0) is 6.18 Å². The third-order valence-electron chi connectivity index (χ3n) is 2.85. The first-order valence-corrected chi connectivity index (χ1v) is 8.27. The number of hydrogen-bond donors (Lipinski definition) is 0. The minimum Gasteiger partial charge on any atom is -0.356 e. The Morgan fingerprint density at radius 1 is 1.09 bits per heavy atom. The summed E-state index contributed by atoms with van der Waals surface area (Å²) in [6.07, 6.45) is -3.07. The summed E-state index contributed by atoms with van der Waals surface area (Å²) in [5.41, 5.74) is 1.07. The minimum absolute atomic E-state index is 0.317. The molecular formula is C15H10F3I2NO. The largest absolute Gasteiger partial charge is 0.420 e. The maximum Gasteiger partial charge on any atom is 0.420 e. The van der Waals surface area contributed by atoms with E-state index in [9.17, 15) is 13.2 Å². The second-order valence-electron chi connectivity index (χ2n) is 4.43. The van der Waals surface area contributed by atoms with E-state index < -0.39 is 11.7 Å². The van der Waals surface area contributed by atoms with Crippen LogP contribution in [0.5, 0.6) is 5.75 Å². The van der Waals surface area contributed by atoms with Gasteiger partial charge >= 0.3 is 6.18 Å². The molecule has 7 heteroatoms. The number of halogens is 5. The van der Waals surface area contributed by atoms with Crippen LogP contribution >= 0.6 is 45.2 Å². The van der Waals surface area contributed by atoms with Gasteiger partial charge in [0.1, 0.15) is 5.56 Å². The van der Waals surface area contributed by atoms with E-state index in [1.165, 1.54) is 24.4 Å². The second kappa shape index (κ2) is 7.16. The highest BCUT2D eigenvalue weighted by molar-refractivity contribution is 14.1. The van der Waals surface area contributed by atoms with Crippen LogP contribution < -0.4 is 4.84 Å². The Bertz CT molecular complexity index is 691. The number of alkyl halides is 3. The molecule has 2 aromatic carbocycles. The fourth-order valence-corrected chi connectivity index (χ4v) is 3.48. The molecule has 0 saturated carbocycles. The van der Waals surface area contributed by atoms with Crippen molar-refractivity contribution in [3.05, 3.63) is 60.2 Å². The number of para-hydroxylation sites is 1. The van der Waals surface area contributed by atoms with Crippen LogP contribution in [0.3, 0.4) is 0 Å². The molecule has 0 N–H and O–H groups in total. The summed E-state index contributed by atoms with van der Waals surface area (Å²) in [6.45, 7) is 2.00. The molecule has 0 amide bonds. The summed E-state index contributed by atoms with van der Waals surface area (Å²) in [4.78, 5) is 4.92. The van der Waals surface area contributed by atoms with E-state index in [4.69, 9.17) is 4.84 Å². The lowest BCUT2D eigenvalue weighted by Crippen LogP contribution is -2.06. The normalized spacial score (nSPS) is 11.9. The van der Waals surface area contributed by atoms with Gasteiger partial charge in [-0.15, -0.1) is 0 Å². The van der Waals surface area contributed by atoms with Crippen molar-refractivity contribution in [2.75, 3.05) is 0 Å². The first-order valence-electron chi connectivity index (χ1n) is 6.11. The molecule has 2 rings (SSSR count). The van der Waals surface area contributed by atoms with Crippen molar-refractivity contribution in [2.24, 2.45) is 5.16 Å². The third kappa shape index (κ3) is 4.34. The van der Waals surface area contributed by atoms with E-state index in [0.717, 1.165) is 24.3 Å². The topological polar surface area (TPSA) is 21.6 Å². The van der Waals surface area contributed by atoms with Gasteiger partial charge in [-0.2, -0.15) is 13.2 Å². The number of oxime groups is 1. The minimum atomic E-state index is -4.47. The quantitative estimate of drug-likeness (QED) is 0.286. The zero-order chi connectivity index (χ0) is 16.3. The summed E-state index contributed by atoms with van der Waals surface area (Å²) in [5, 5.41) is 3.67. The Hall–Kier alpha value is -0.840. The lowest BCUT2D eigenvalue weighted by Gasteiger charge is -2.10. The van der Waals surface area contributed by atoms with Crippen LogP contribution in [0.25, 0.3) is 0 Å². The first-order chi connectivity index (χ1) is 10.3. The summed E-state index contributed by atoms with van der Waals surface area (Å²) in [5.74, 6) is -0.317. The monoisotopic (exact) mass is 531 g/mol. The Labute approximate surface area is 153 Å². The number of nitrogens with zero attached hydrogens (tertiary/aromatic N) is 1. The Morgan fingerprint density at radius 3 is 2.27 bits per heavy atom. The lowest BCUT2D eigenvalue weighted by atomic mass is 10.2. The average molecular weight is 531 g/mol. The van der Waals surface area contributed by atoms with Crippen molar-refractivity contribution in [2.45, 2.75) is 13.1 Å². The molecule has 0 aromatic heterocycles. The zero-order valence-corrected chi connectivity index (χ0v) is 15.6. The molecule has 0 atom stereocenters. The fourth-order valence-electron chi connectivity index (χ4n) is 1.66. The number of hydrogen-bond acceptors (Lipinski definition) is 2. The molecule has 0 spiro atoms. The molecule has 0 radical (unpaired) electrons. The highest BCUT2D eigenvalue weighted by atomic mass is 127. The van der Waals surface area contributed by atoms with Gasteiger partial charge in [-0.1, -0.05) is 17.3 Å². The van der Waals surface area contributed by atoms with E-state index in [-0.39, 0.29) is 5.75 Å². The predicted molar refractivity (Wildman–Crippen MR) is 96.3 cm³/mol. The van der Waals surface area contributed by atoms with Gasteiger partial charge in [-0.25, -0.2) is 0 Å². The second-order valence-corrected chi connectivity index (χ2v) is 6.75. The van der Waals surface area contributed by atoms with Gasteiger partial charge in [0.05, 0.1) is 6.21 Å². The molecule has 22 heavy (non-hydrogen) atoms. The van der Waals surface area contributed by atoms with Gasteiger partial charge in [0.25, 0.3) is 0 Å². The smallest absolute Gasteiger partial charge is 0.356 e. The molecular weight excluding hydrogens is 521 g/mol. The summed E-state index contributed by atoms with van der Waals surface area (Å²) in [6, 6.07) is 8.76. The molecule has 2 nitrogen and oxygen atoms in total. The molecule has 116 valence electrons. The molecule has 0 unspecified atom stereocenters. The number of benzene rings is 2. The molecule has 0 saturated heterocycles. The SMILES string of the molecule is Cc1c(I)cc(/C=N/Oc2ccccc2C(F)(F)F)cc1I.